The topological polar surface area (TPSA) is 69.0 Å². The van der Waals surface area contributed by atoms with Gasteiger partial charge < -0.3 is 10.1 Å². The Morgan fingerprint density at radius 3 is 2.73 bits per heavy atom. The zero-order valence-corrected chi connectivity index (χ0v) is 19.1. The Labute approximate surface area is 196 Å². The zero-order chi connectivity index (χ0) is 23.0. The second-order valence-electron chi connectivity index (χ2n) is 7.51. The van der Waals surface area contributed by atoms with Gasteiger partial charge in [-0.1, -0.05) is 42.1 Å². The van der Waals surface area contributed by atoms with Crippen LogP contribution in [0.5, 0.6) is 0 Å². The molecule has 0 saturated heterocycles. The van der Waals surface area contributed by atoms with Gasteiger partial charge in [-0.15, -0.1) is 0 Å². The minimum absolute atomic E-state index is 0.0944. The van der Waals surface area contributed by atoms with E-state index in [1.807, 2.05) is 47.0 Å². The van der Waals surface area contributed by atoms with Crippen LogP contribution in [0.15, 0.2) is 72.0 Å². The maximum absolute atomic E-state index is 14.3. The number of rotatable bonds is 10. The van der Waals surface area contributed by atoms with Crippen molar-refractivity contribution < 1.29 is 13.9 Å². The van der Waals surface area contributed by atoms with Gasteiger partial charge in [0.1, 0.15) is 11.3 Å². The van der Waals surface area contributed by atoms with Crippen LogP contribution in [0.1, 0.15) is 27.9 Å². The highest BCUT2D eigenvalue weighted by Crippen LogP contribution is 2.27. The fourth-order valence-electron chi connectivity index (χ4n) is 3.41. The normalized spacial score (nSPS) is 11.1. The summed E-state index contributed by atoms with van der Waals surface area (Å²) in [6, 6.07) is 18.0. The Balaban J connectivity index is 1.46. The van der Waals surface area contributed by atoms with E-state index in [0.717, 1.165) is 28.3 Å². The third-order valence-electron chi connectivity index (χ3n) is 5.15. The summed E-state index contributed by atoms with van der Waals surface area (Å²) in [6.45, 7) is 1.55. The number of methoxy groups -OCH3 is 1. The Hall–Kier alpha value is -3.23. The highest BCUT2D eigenvalue weighted by atomic mass is 32.2. The average Bonchev–Trinajstić information content (AvgIpc) is 3.19. The summed E-state index contributed by atoms with van der Waals surface area (Å²) in [5, 5.41) is 3.66. The Morgan fingerprint density at radius 1 is 1.12 bits per heavy atom. The number of fused-ring (bicyclic) bond motifs is 1. The van der Waals surface area contributed by atoms with E-state index in [4.69, 9.17) is 9.72 Å². The van der Waals surface area contributed by atoms with Crippen molar-refractivity contribution in [2.75, 3.05) is 20.3 Å². The number of imidazole rings is 1. The lowest BCUT2D eigenvalue weighted by Gasteiger charge is -2.10. The van der Waals surface area contributed by atoms with Gasteiger partial charge in [0, 0.05) is 43.3 Å². The first kappa shape index (κ1) is 22.9. The molecule has 0 aliphatic rings. The van der Waals surface area contributed by atoms with Crippen molar-refractivity contribution in [2.45, 2.75) is 23.9 Å². The predicted octanol–water partition coefficient (Wildman–Crippen LogP) is 4.68. The van der Waals surface area contributed by atoms with Crippen LogP contribution < -0.4 is 5.32 Å². The second kappa shape index (κ2) is 11.1. The van der Waals surface area contributed by atoms with E-state index in [9.17, 15) is 9.18 Å². The van der Waals surface area contributed by atoms with Gasteiger partial charge in [0.25, 0.3) is 5.91 Å². The highest BCUT2D eigenvalue weighted by Gasteiger charge is 2.14. The van der Waals surface area contributed by atoms with Gasteiger partial charge in [-0.3, -0.25) is 9.36 Å². The Morgan fingerprint density at radius 2 is 1.94 bits per heavy atom. The number of nitrogens with zero attached hydrogens (tertiary/aromatic N) is 3. The molecule has 4 rings (SSSR count). The quantitative estimate of drug-likeness (QED) is 0.273. The van der Waals surface area contributed by atoms with Crippen molar-refractivity contribution in [3.8, 4) is 0 Å². The number of amides is 1. The first-order chi connectivity index (χ1) is 16.2. The van der Waals surface area contributed by atoms with Crippen molar-refractivity contribution in [2.24, 2.45) is 0 Å². The lowest BCUT2D eigenvalue weighted by molar-refractivity contribution is 0.0948. The molecule has 4 aromatic rings. The fraction of sp³-hybridized carbons (Fsp3) is 0.240. The molecule has 0 aliphatic carbocycles. The summed E-state index contributed by atoms with van der Waals surface area (Å²) >= 11 is 1.56. The monoisotopic (exact) mass is 464 g/mol. The summed E-state index contributed by atoms with van der Waals surface area (Å²) in [7, 11) is 1.64. The molecule has 2 aromatic heterocycles. The molecule has 8 heteroatoms. The number of ether oxygens (including phenoxy) is 1. The smallest absolute Gasteiger partial charge is 0.251 e. The summed E-state index contributed by atoms with van der Waals surface area (Å²) in [6.07, 6.45) is 2.50. The van der Waals surface area contributed by atoms with Crippen LogP contribution in [0, 0.1) is 5.82 Å². The molecule has 2 heterocycles. The maximum atomic E-state index is 14.3. The largest absolute Gasteiger partial charge is 0.385 e. The third kappa shape index (κ3) is 5.77. The second-order valence-corrected chi connectivity index (χ2v) is 8.45. The lowest BCUT2D eigenvalue weighted by Crippen LogP contribution is -2.25. The maximum Gasteiger partial charge on any atom is 0.251 e. The molecule has 33 heavy (non-hydrogen) atoms. The van der Waals surface area contributed by atoms with Crippen molar-refractivity contribution in [3.63, 3.8) is 0 Å². The molecule has 2 aromatic carbocycles. The number of carbonyl (C=O) groups excluding carboxylic acids is 1. The van der Waals surface area contributed by atoms with Crippen LogP contribution >= 0.6 is 11.8 Å². The molecule has 0 atom stereocenters. The predicted molar refractivity (Wildman–Crippen MR) is 128 cm³/mol. The first-order valence-corrected chi connectivity index (χ1v) is 11.7. The lowest BCUT2D eigenvalue weighted by atomic mass is 10.1. The van der Waals surface area contributed by atoms with Crippen LogP contribution in [-0.2, 0) is 17.0 Å². The number of aromatic nitrogens is 3. The van der Waals surface area contributed by atoms with Crippen molar-refractivity contribution >= 4 is 28.8 Å². The van der Waals surface area contributed by atoms with E-state index in [2.05, 4.69) is 10.3 Å². The molecule has 1 N–H and O–H groups in total. The van der Waals surface area contributed by atoms with Crippen molar-refractivity contribution in [1.29, 1.82) is 0 Å². The van der Waals surface area contributed by atoms with Gasteiger partial charge in [0.15, 0.2) is 10.8 Å². The highest BCUT2D eigenvalue weighted by molar-refractivity contribution is 7.98. The number of thioether (sulfide) groups is 1. The molecular formula is C25H25FN4O2S. The Bertz CT molecular complexity index is 1230. The molecular weight excluding hydrogens is 439 g/mol. The van der Waals surface area contributed by atoms with Gasteiger partial charge in [-0.2, -0.15) is 0 Å². The van der Waals surface area contributed by atoms with E-state index >= 15 is 0 Å². The molecule has 0 saturated carbocycles. The van der Waals surface area contributed by atoms with Crippen LogP contribution in [0.2, 0.25) is 0 Å². The molecule has 1 amide bonds. The van der Waals surface area contributed by atoms with Crippen LogP contribution in [-0.4, -0.2) is 40.7 Å². The first-order valence-electron chi connectivity index (χ1n) is 10.7. The number of nitrogens with one attached hydrogen (secondary N) is 1. The van der Waals surface area contributed by atoms with E-state index in [0.29, 0.717) is 36.6 Å². The van der Waals surface area contributed by atoms with Crippen LogP contribution in [0.4, 0.5) is 4.39 Å². The summed E-state index contributed by atoms with van der Waals surface area (Å²) in [4.78, 5) is 21.4. The van der Waals surface area contributed by atoms with Gasteiger partial charge in [0.2, 0.25) is 0 Å². The van der Waals surface area contributed by atoms with Gasteiger partial charge in [-0.25, -0.2) is 14.4 Å². The molecule has 170 valence electrons. The van der Waals surface area contributed by atoms with E-state index in [1.165, 1.54) is 6.07 Å². The molecule has 0 spiro atoms. The molecule has 0 radical (unpaired) electrons. The number of carbonyl (C=O) groups is 1. The standard InChI is InChI=1S/C25H25FN4O2S/c1-32-15-5-14-28-24(31)19-11-9-18(10-12-19)17-33-25-29-22-8-4-13-27-23(22)30(25)16-20-6-2-3-7-21(20)26/h2-4,6-13H,5,14-17H2,1H3,(H,28,31). The molecule has 0 aliphatic heterocycles. The van der Waals surface area contributed by atoms with E-state index in [1.54, 1.807) is 37.2 Å². The number of hydrogen-bond donors (Lipinski definition) is 1. The number of halogens is 1. The molecule has 6 nitrogen and oxygen atoms in total. The Kier molecular flexibility index (Phi) is 7.70. The summed E-state index contributed by atoms with van der Waals surface area (Å²) < 4.78 is 21.2. The van der Waals surface area contributed by atoms with Crippen LogP contribution in [0.3, 0.4) is 0 Å². The molecule has 0 unspecified atom stereocenters. The minimum Gasteiger partial charge on any atom is -0.385 e. The SMILES string of the molecule is COCCCNC(=O)c1ccc(CSc2nc3cccnc3n2Cc2ccccc2F)cc1. The third-order valence-corrected chi connectivity index (χ3v) is 6.20. The van der Waals surface area contributed by atoms with Gasteiger partial charge >= 0.3 is 0 Å². The summed E-state index contributed by atoms with van der Waals surface area (Å²) in [5.74, 6) is 0.321. The zero-order valence-electron chi connectivity index (χ0n) is 18.3. The number of benzene rings is 2. The number of hydrogen-bond acceptors (Lipinski definition) is 5. The van der Waals surface area contributed by atoms with Gasteiger partial charge in [0.05, 0.1) is 6.54 Å². The van der Waals surface area contributed by atoms with Crippen LogP contribution in [0.25, 0.3) is 11.2 Å². The molecule has 0 bridgehead atoms. The van der Waals surface area contributed by atoms with E-state index < -0.39 is 0 Å². The van der Waals surface area contributed by atoms with Crippen molar-refractivity contribution in [1.82, 2.24) is 19.9 Å². The summed E-state index contributed by atoms with van der Waals surface area (Å²) in [5.41, 5.74) is 3.77. The number of pyridine rings is 1. The van der Waals surface area contributed by atoms with E-state index in [-0.39, 0.29) is 11.7 Å². The average molecular weight is 465 g/mol. The fourth-order valence-corrected chi connectivity index (χ4v) is 4.37. The van der Waals surface area contributed by atoms with Crippen molar-refractivity contribution in [3.05, 3.63) is 89.4 Å². The minimum atomic E-state index is -0.248. The molecule has 0 fully saturated rings. The van der Waals surface area contributed by atoms with Gasteiger partial charge in [-0.05, 0) is 42.3 Å².